The van der Waals surface area contributed by atoms with Crippen LogP contribution in [0, 0.1) is 0 Å². The Bertz CT molecular complexity index is 715. The molecule has 0 radical (unpaired) electrons. The summed E-state index contributed by atoms with van der Waals surface area (Å²) < 4.78 is 11.9. The highest BCUT2D eigenvalue weighted by Crippen LogP contribution is 2.36. The van der Waals surface area contributed by atoms with Crippen LogP contribution in [0.2, 0.25) is 0 Å². The average Bonchev–Trinajstić information content (AvgIpc) is 3.03. The Kier molecular flexibility index (Phi) is 6.18. The van der Waals surface area contributed by atoms with Crippen LogP contribution in [0.25, 0.3) is 0 Å². The summed E-state index contributed by atoms with van der Waals surface area (Å²) in [6.07, 6.45) is 0. The molecule has 0 saturated carbocycles. The van der Waals surface area contributed by atoms with Gasteiger partial charge >= 0.3 is 0 Å². The molecule has 0 unspecified atom stereocenters. The molecule has 2 rings (SSSR count). The quantitative estimate of drug-likeness (QED) is 0.635. The third-order valence-corrected chi connectivity index (χ3v) is 3.76. The fourth-order valence-corrected chi connectivity index (χ4v) is 2.51. The normalized spacial score (nSPS) is 11.1. The van der Waals surface area contributed by atoms with Crippen LogP contribution in [-0.4, -0.2) is 45.8 Å². The van der Waals surface area contributed by atoms with Gasteiger partial charge in [0, 0.05) is 22.1 Å². The molecular weight excluding hydrogens is 392 g/mol. The summed E-state index contributed by atoms with van der Waals surface area (Å²) in [6.45, 7) is 5.95. The number of carbonyl (C=O) groups excluding carboxylic acids is 1. The molecule has 3 N–H and O–H groups in total. The molecule has 25 heavy (non-hydrogen) atoms. The van der Waals surface area contributed by atoms with Gasteiger partial charge in [-0.1, -0.05) is 21.0 Å². The molecule has 0 spiro atoms. The van der Waals surface area contributed by atoms with Crippen LogP contribution in [0.1, 0.15) is 26.3 Å². The van der Waals surface area contributed by atoms with Gasteiger partial charge in [0.2, 0.25) is 0 Å². The molecule has 1 aromatic carbocycles. The molecule has 0 atom stereocenters. The van der Waals surface area contributed by atoms with E-state index in [1.165, 1.54) is 0 Å². The number of amides is 1. The third-order valence-electron chi connectivity index (χ3n) is 3.02. The molecule has 10 heteroatoms. The second-order valence-electron chi connectivity index (χ2n) is 6.23. The van der Waals surface area contributed by atoms with Gasteiger partial charge in [-0.3, -0.25) is 4.79 Å². The van der Waals surface area contributed by atoms with Crippen molar-refractivity contribution in [3.8, 4) is 11.5 Å². The maximum atomic E-state index is 12.0. The van der Waals surface area contributed by atoms with Gasteiger partial charge in [-0.05, 0) is 38.1 Å². The van der Waals surface area contributed by atoms with Crippen molar-refractivity contribution in [2.24, 2.45) is 0 Å². The Labute approximate surface area is 154 Å². The van der Waals surface area contributed by atoms with Crippen molar-refractivity contribution in [2.45, 2.75) is 32.9 Å². The van der Waals surface area contributed by atoms with E-state index in [0.717, 1.165) is 10.0 Å². The second kappa shape index (κ2) is 8.15. The highest BCUT2D eigenvalue weighted by molar-refractivity contribution is 9.10. The first-order valence-corrected chi connectivity index (χ1v) is 8.36. The van der Waals surface area contributed by atoms with Crippen molar-refractivity contribution >= 4 is 27.8 Å². The molecule has 0 aliphatic heterocycles. The molecule has 1 aromatic heterocycles. The molecular formula is C15H21BrN6O3. The van der Waals surface area contributed by atoms with E-state index in [1.807, 2.05) is 26.8 Å². The topological polar surface area (TPSA) is 114 Å². The average molecular weight is 413 g/mol. The number of methoxy groups -OCH3 is 1. The van der Waals surface area contributed by atoms with Gasteiger partial charge in [0.15, 0.2) is 18.1 Å². The number of ether oxygens (including phenoxy) is 2. The van der Waals surface area contributed by atoms with E-state index in [-0.39, 0.29) is 18.1 Å². The molecule has 1 amide bonds. The predicted molar refractivity (Wildman–Crippen MR) is 95.6 cm³/mol. The second-order valence-corrected chi connectivity index (χ2v) is 7.09. The largest absolute Gasteiger partial charge is 0.493 e. The van der Waals surface area contributed by atoms with E-state index in [4.69, 9.17) is 9.47 Å². The number of nitrogens with one attached hydrogen (secondary N) is 3. The summed E-state index contributed by atoms with van der Waals surface area (Å²) in [5.74, 6) is 1.13. The lowest BCUT2D eigenvalue weighted by Gasteiger charge is -2.21. The van der Waals surface area contributed by atoms with E-state index in [2.05, 4.69) is 47.2 Å². The van der Waals surface area contributed by atoms with E-state index in [1.54, 1.807) is 13.2 Å². The highest BCUT2D eigenvalue weighted by atomic mass is 79.9. The van der Waals surface area contributed by atoms with Crippen LogP contribution in [0.3, 0.4) is 0 Å². The monoisotopic (exact) mass is 412 g/mol. The molecule has 0 saturated heterocycles. The summed E-state index contributed by atoms with van der Waals surface area (Å²) in [6, 6.07) is 3.60. The first-order chi connectivity index (χ1) is 11.8. The van der Waals surface area contributed by atoms with Gasteiger partial charge in [-0.25, -0.2) is 0 Å². The number of carbonyl (C=O) groups is 1. The van der Waals surface area contributed by atoms with E-state index in [9.17, 15) is 4.79 Å². The fourth-order valence-electron chi connectivity index (χ4n) is 2.06. The first-order valence-electron chi connectivity index (χ1n) is 7.56. The summed E-state index contributed by atoms with van der Waals surface area (Å²) in [5.41, 5.74) is 0.442. The van der Waals surface area contributed by atoms with Crippen LogP contribution in [0.4, 0.5) is 5.95 Å². The lowest BCUT2D eigenvalue weighted by Crippen LogP contribution is -2.43. The van der Waals surface area contributed by atoms with Crippen LogP contribution in [0.5, 0.6) is 11.5 Å². The number of halogens is 1. The van der Waals surface area contributed by atoms with Gasteiger partial charge in [0.05, 0.1) is 7.11 Å². The number of nitrogens with zero attached hydrogens (tertiary/aromatic N) is 3. The number of hydrogen-bond acceptors (Lipinski definition) is 7. The van der Waals surface area contributed by atoms with Crippen LogP contribution in [-0.2, 0) is 11.3 Å². The predicted octanol–water partition coefficient (Wildman–Crippen LogP) is 1.88. The minimum atomic E-state index is -0.329. The fraction of sp³-hybridized carbons (Fsp3) is 0.467. The van der Waals surface area contributed by atoms with Crippen LogP contribution >= 0.6 is 15.9 Å². The zero-order valence-corrected chi connectivity index (χ0v) is 16.1. The lowest BCUT2D eigenvalue weighted by molar-refractivity contribution is -0.124. The summed E-state index contributed by atoms with van der Waals surface area (Å²) in [7, 11) is 1.54. The Balaban J connectivity index is 2.16. The number of hydrogen-bond donors (Lipinski definition) is 3. The molecule has 136 valence electrons. The zero-order valence-electron chi connectivity index (χ0n) is 14.5. The minimum Gasteiger partial charge on any atom is -0.493 e. The van der Waals surface area contributed by atoms with Crippen molar-refractivity contribution in [2.75, 3.05) is 19.0 Å². The van der Waals surface area contributed by atoms with Crippen molar-refractivity contribution in [1.82, 2.24) is 25.9 Å². The van der Waals surface area contributed by atoms with Gasteiger partial charge in [0.25, 0.3) is 11.9 Å². The standard InChI is InChI=1S/C15H21BrN6O3/c1-15(2,3)18-12(23)8-25-13-9(7-17-14-19-21-22-20-14)10(16)5-6-11(13)24-4/h5-6H,7-8H2,1-4H3,(H,18,23)(H2,17,19,20,21,22). The maximum Gasteiger partial charge on any atom is 0.263 e. The van der Waals surface area contributed by atoms with Crippen molar-refractivity contribution < 1.29 is 14.3 Å². The van der Waals surface area contributed by atoms with Gasteiger partial charge in [-0.2, -0.15) is 5.21 Å². The number of anilines is 1. The summed E-state index contributed by atoms with van der Waals surface area (Å²) in [4.78, 5) is 12.0. The van der Waals surface area contributed by atoms with E-state index < -0.39 is 0 Å². The third kappa shape index (κ3) is 5.59. The zero-order chi connectivity index (χ0) is 18.4. The maximum absolute atomic E-state index is 12.0. The lowest BCUT2D eigenvalue weighted by atomic mass is 10.1. The summed E-state index contributed by atoms with van der Waals surface area (Å²) >= 11 is 3.49. The molecule has 2 aromatic rings. The Morgan fingerprint density at radius 3 is 2.72 bits per heavy atom. The van der Waals surface area contributed by atoms with E-state index in [0.29, 0.717) is 24.0 Å². The van der Waals surface area contributed by atoms with Gasteiger partial charge < -0.3 is 20.1 Å². The number of benzene rings is 1. The highest BCUT2D eigenvalue weighted by Gasteiger charge is 2.18. The Morgan fingerprint density at radius 2 is 2.12 bits per heavy atom. The first kappa shape index (κ1) is 19.0. The molecule has 9 nitrogen and oxygen atoms in total. The van der Waals surface area contributed by atoms with E-state index >= 15 is 0 Å². The number of tetrazole rings is 1. The number of H-pyrrole nitrogens is 1. The molecule has 1 heterocycles. The van der Waals surface area contributed by atoms with Crippen LogP contribution < -0.4 is 20.1 Å². The number of aromatic amines is 1. The van der Waals surface area contributed by atoms with Crippen LogP contribution in [0.15, 0.2) is 16.6 Å². The Morgan fingerprint density at radius 1 is 1.36 bits per heavy atom. The molecule has 0 aliphatic carbocycles. The van der Waals surface area contributed by atoms with Gasteiger partial charge in [0.1, 0.15) is 0 Å². The minimum absolute atomic E-state index is 0.126. The smallest absolute Gasteiger partial charge is 0.263 e. The number of aromatic nitrogens is 4. The van der Waals surface area contributed by atoms with Crippen molar-refractivity contribution in [3.05, 3.63) is 22.2 Å². The van der Waals surface area contributed by atoms with Gasteiger partial charge in [-0.15, -0.1) is 5.10 Å². The molecule has 0 fully saturated rings. The molecule has 0 bridgehead atoms. The van der Waals surface area contributed by atoms with Crippen molar-refractivity contribution in [1.29, 1.82) is 0 Å². The summed E-state index contributed by atoms with van der Waals surface area (Å²) in [5, 5.41) is 19.4. The van der Waals surface area contributed by atoms with Crippen molar-refractivity contribution in [3.63, 3.8) is 0 Å². The number of rotatable bonds is 7. The SMILES string of the molecule is COc1ccc(Br)c(CNc2nn[nH]n2)c1OCC(=O)NC(C)(C)C. The Hall–Kier alpha value is -2.36. The molecule has 0 aliphatic rings.